The summed E-state index contributed by atoms with van der Waals surface area (Å²) in [5.74, 6) is 0.815. The Labute approximate surface area is 106 Å². The van der Waals surface area contributed by atoms with Crippen molar-refractivity contribution in [3.63, 3.8) is 0 Å². The van der Waals surface area contributed by atoms with Crippen LogP contribution >= 0.6 is 0 Å². The van der Waals surface area contributed by atoms with Crippen molar-refractivity contribution in [2.45, 2.75) is 57.6 Å². The molecule has 0 bridgehead atoms. The molecule has 1 fully saturated rings. The molecule has 2 atom stereocenters. The fourth-order valence-electron chi connectivity index (χ4n) is 2.52. The van der Waals surface area contributed by atoms with Crippen LogP contribution in [-0.4, -0.2) is 39.0 Å². The van der Waals surface area contributed by atoms with Crippen LogP contribution in [0.25, 0.3) is 0 Å². The summed E-state index contributed by atoms with van der Waals surface area (Å²) in [4.78, 5) is 0. The number of hydrogen-bond donors (Lipinski definition) is 1. The van der Waals surface area contributed by atoms with Crippen LogP contribution in [-0.2, 0) is 9.47 Å². The van der Waals surface area contributed by atoms with Gasteiger partial charge in [-0.1, -0.05) is 6.42 Å². The van der Waals surface area contributed by atoms with Crippen LogP contribution in [0.3, 0.4) is 0 Å². The zero-order valence-corrected chi connectivity index (χ0v) is 11.9. The molecule has 102 valence electrons. The first-order valence-electron chi connectivity index (χ1n) is 6.89. The van der Waals surface area contributed by atoms with E-state index < -0.39 is 0 Å². The Morgan fingerprint density at radius 3 is 2.65 bits per heavy atom. The number of nitrogens with one attached hydrogen (secondary N) is 1. The third kappa shape index (κ3) is 5.36. The fourth-order valence-corrected chi connectivity index (χ4v) is 2.52. The van der Waals surface area contributed by atoms with Gasteiger partial charge in [-0.25, -0.2) is 0 Å². The van der Waals surface area contributed by atoms with E-state index in [1.54, 1.807) is 7.11 Å². The first kappa shape index (κ1) is 14.9. The highest BCUT2D eigenvalue weighted by atomic mass is 16.5. The Hall–Kier alpha value is -0.120. The summed E-state index contributed by atoms with van der Waals surface area (Å²) < 4.78 is 11.1. The number of rotatable bonds is 8. The zero-order valence-electron chi connectivity index (χ0n) is 11.9. The maximum absolute atomic E-state index is 5.72. The van der Waals surface area contributed by atoms with Gasteiger partial charge in [-0.15, -0.1) is 0 Å². The van der Waals surface area contributed by atoms with Gasteiger partial charge in [0.25, 0.3) is 0 Å². The maximum Gasteiger partial charge on any atom is 0.0644 e. The normalized spacial score (nSPS) is 25.4. The minimum Gasteiger partial charge on any atom is -0.381 e. The van der Waals surface area contributed by atoms with Gasteiger partial charge in [-0.2, -0.15) is 0 Å². The van der Waals surface area contributed by atoms with E-state index in [0.29, 0.717) is 6.04 Å². The van der Waals surface area contributed by atoms with E-state index in [-0.39, 0.29) is 5.60 Å². The lowest BCUT2D eigenvalue weighted by molar-refractivity contribution is -0.0113. The molecule has 0 spiro atoms. The standard InChI is InChI=1S/C14H29NO2/c1-14(2,16-4)9-11-17-10-8-12-6-5-7-13(12)15-3/h12-13,15H,5-11H2,1-4H3. The Morgan fingerprint density at radius 1 is 1.24 bits per heavy atom. The predicted molar refractivity (Wildman–Crippen MR) is 71.3 cm³/mol. The first-order valence-corrected chi connectivity index (χ1v) is 6.89. The molecule has 0 radical (unpaired) electrons. The van der Waals surface area contributed by atoms with Crippen LogP contribution < -0.4 is 5.32 Å². The molecular formula is C14H29NO2. The molecule has 1 N–H and O–H groups in total. The molecule has 3 heteroatoms. The molecule has 0 aromatic rings. The second-order valence-electron chi connectivity index (χ2n) is 5.70. The molecule has 0 aromatic heterocycles. The Morgan fingerprint density at radius 2 is 2.00 bits per heavy atom. The van der Waals surface area contributed by atoms with Crippen LogP contribution in [0.2, 0.25) is 0 Å². The van der Waals surface area contributed by atoms with Crippen molar-refractivity contribution in [1.29, 1.82) is 0 Å². The molecule has 3 nitrogen and oxygen atoms in total. The molecule has 0 aromatic carbocycles. The van der Waals surface area contributed by atoms with Gasteiger partial charge in [0, 0.05) is 26.4 Å². The molecule has 0 saturated heterocycles. The van der Waals surface area contributed by atoms with Crippen LogP contribution in [0.1, 0.15) is 46.0 Å². The van der Waals surface area contributed by atoms with E-state index in [9.17, 15) is 0 Å². The van der Waals surface area contributed by atoms with Crippen LogP contribution in [0.4, 0.5) is 0 Å². The largest absolute Gasteiger partial charge is 0.381 e. The van der Waals surface area contributed by atoms with Gasteiger partial charge in [0.1, 0.15) is 0 Å². The summed E-state index contributed by atoms with van der Waals surface area (Å²) in [7, 11) is 3.83. The molecule has 1 aliphatic carbocycles. The highest BCUT2D eigenvalue weighted by Crippen LogP contribution is 2.28. The molecule has 1 aliphatic rings. The second kappa shape index (κ2) is 7.34. The van der Waals surface area contributed by atoms with Gasteiger partial charge >= 0.3 is 0 Å². The van der Waals surface area contributed by atoms with Gasteiger partial charge in [0.2, 0.25) is 0 Å². The van der Waals surface area contributed by atoms with Crippen molar-refractivity contribution in [2.24, 2.45) is 5.92 Å². The Balaban J connectivity index is 2.04. The average Bonchev–Trinajstić information content (AvgIpc) is 2.76. The molecule has 0 amide bonds. The third-order valence-electron chi connectivity index (χ3n) is 4.06. The number of hydrogen-bond acceptors (Lipinski definition) is 3. The lowest BCUT2D eigenvalue weighted by Gasteiger charge is -2.23. The lowest BCUT2D eigenvalue weighted by Crippen LogP contribution is -2.29. The zero-order chi connectivity index (χ0) is 12.7. The summed E-state index contributed by atoms with van der Waals surface area (Å²) in [5.41, 5.74) is -0.0547. The van der Waals surface area contributed by atoms with E-state index in [0.717, 1.165) is 25.6 Å². The molecule has 17 heavy (non-hydrogen) atoms. The predicted octanol–water partition coefficient (Wildman–Crippen LogP) is 2.60. The van der Waals surface area contributed by atoms with Gasteiger partial charge in [0.05, 0.1) is 5.60 Å². The van der Waals surface area contributed by atoms with Crippen molar-refractivity contribution in [3.8, 4) is 0 Å². The van der Waals surface area contributed by atoms with Crippen molar-refractivity contribution in [3.05, 3.63) is 0 Å². The van der Waals surface area contributed by atoms with E-state index in [1.807, 2.05) is 0 Å². The summed E-state index contributed by atoms with van der Waals surface area (Å²) in [6, 6.07) is 0.717. The summed E-state index contributed by atoms with van der Waals surface area (Å²) >= 11 is 0. The Bertz CT molecular complexity index is 206. The van der Waals surface area contributed by atoms with Crippen LogP contribution in [0, 0.1) is 5.92 Å². The van der Waals surface area contributed by atoms with Gasteiger partial charge in [0.15, 0.2) is 0 Å². The van der Waals surface area contributed by atoms with Gasteiger partial charge < -0.3 is 14.8 Å². The molecule has 1 saturated carbocycles. The van der Waals surface area contributed by atoms with E-state index in [1.165, 1.54) is 25.7 Å². The molecule has 0 heterocycles. The van der Waals surface area contributed by atoms with Crippen molar-refractivity contribution < 1.29 is 9.47 Å². The smallest absolute Gasteiger partial charge is 0.0644 e. The van der Waals surface area contributed by atoms with Crippen molar-refractivity contribution >= 4 is 0 Å². The van der Waals surface area contributed by atoms with Gasteiger partial charge in [-0.05, 0) is 52.5 Å². The minimum atomic E-state index is -0.0547. The summed E-state index contributed by atoms with van der Waals surface area (Å²) in [6.45, 7) is 5.90. The topological polar surface area (TPSA) is 30.5 Å². The monoisotopic (exact) mass is 243 g/mol. The van der Waals surface area contributed by atoms with Crippen LogP contribution in [0.5, 0.6) is 0 Å². The third-order valence-corrected chi connectivity index (χ3v) is 4.06. The molecular weight excluding hydrogens is 214 g/mol. The molecule has 1 rings (SSSR count). The molecule has 0 aliphatic heterocycles. The van der Waals surface area contributed by atoms with Gasteiger partial charge in [-0.3, -0.25) is 0 Å². The van der Waals surface area contributed by atoms with E-state index >= 15 is 0 Å². The quantitative estimate of drug-likeness (QED) is 0.665. The summed E-state index contributed by atoms with van der Waals surface area (Å²) in [6.07, 6.45) is 6.21. The minimum absolute atomic E-state index is 0.0547. The van der Waals surface area contributed by atoms with Crippen molar-refractivity contribution in [1.82, 2.24) is 5.32 Å². The number of ether oxygens (including phenoxy) is 2. The maximum atomic E-state index is 5.72. The van der Waals surface area contributed by atoms with E-state index in [2.05, 4.69) is 26.2 Å². The van der Waals surface area contributed by atoms with Crippen LogP contribution in [0.15, 0.2) is 0 Å². The molecule has 2 unspecified atom stereocenters. The van der Waals surface area contributed by atoms with Crippen molar-refractivity contribution in [2.75, 3.05) is 27.4 Å². The highest BCUT2D eigenvalue weighted by molar-refractivity contribution is 4.81. The fraction of sp³-hybridized carbons (Fsp3) is 1.00. The summed E-state index contributed by atoms with van der Waals surface area (Å²) in [5, 5.41) is 3.41. The SMILES string of the molecule is CNC1CCCC1CCOCCC(C)(C)OC. The highest BCUT2D eigenvalue weighted by Gasteiger charge is 2.25. The Kier molecular flexibility index (Phi) is 6.45. The van der Waals surface area contributed by atoms with E-state index in [4.69, 9.17) is 9.47 Å². The average molecular weight is 243 g/mol. The second-order valence-corrected chi connectivity index (χ2v) is 5.70. The number of methoxy groups -OCH3 is 1. The first-order chi connectivity index (χ1) is 8.09. The lowest BCUT2D eigenvalue weighted by atomic mass is 10.0.